The van der Waals surface area contributed by atoms with Crippen molar-refractivity contribution >= 4 is 24.0 Å². The third kappa shape index (κ3) is 3.79. The van der Waals surface area contributed by atoms with Crippen molar-refractivity contribution in [1.82, 2.24) is 10.3 Å². The van der Waals surface area contributed by atoms with Gasteiger partial charge in [0.1, 0.15) is 6.26 Å². The summed E-state index contributed by atoms with van der Waals surface area (Å²) in [5.74, 6) is 1.32. The molecule has 2 N–H and O–H groups in total. The summed E-state index contributed by atoms with van der Waals surface area (Å²) in [4.78, 5) is 17.1. The van der Waals surface area contributed by atoms with E-state index >= 15 is 0 Å². The lowest BCUT2D eigenvalue weighted by Gasteiger charge is -2.24. The third-order valence-corrected chi connectivity index (χ3v) is 5.53. The zero-order valence-corrected chi connectivity index (χ0v) is 16.1. The number of hydrogen-bond donors (Lipinski definition) is 2. The summed E-state index contributed by atoms with van der Waals surface area (Å²) in [5.41, 5.74) is 3.63. The summed E-state index contributed by atoms with van der Waals surface area (Å²) >= 11 is 0. The zero-order valence-electron chi connectivity index (χ0n) is 15.2. The van der Waals surface area contributed by atoms with Crippen LogP contribution in [0.5, 0.6) is 0 Å². The van der Waals surface area contributed by atoms with Crippen LogP contribution in [0.15, 0.2) is 28.9 Å². The van der Waals surface area contributed by atoms with Crippen LogP contribution in [-0.4, -0.2) is 23.0 Å². The van der Waals surface area contributed by atoms with E-state index in [0.717, 1.165) is 28.9 Å². The van der Waals surface area contributed by atoms with Crippen molar-refractivity contribution < 1.29 is 9.21 Å². The molecule has 4 rings (SSSR count). The largest absolute Gasteiger partial charge is 0.444 e. The van der Waals surface area contributed by atoms with Crippen molar-refractivity contribution in [2.75, 3.05) is 5.32 Å². The Hall–Kier alpha value is -1.85. The lowest BCUT2D eigenvalue weighted by molar-refractivity contribution is -0.117. The van der Waals surface area contributed by atoms with E-state index in [4.69, 9.17) is 4.42 Å². The van der Waals surface area contributed by atoms with Crippen LogP contribution in [-0.2, 0) is 4.79 Å². The van der Waals surface area contributed by atoms with E-state index in [1.165, 1.54) is 25.7 Å². The fraction of sp³-hybridized carbons (Fsp3) is 0.500. The number of amides is 1. The number of aryl methyl sites for hydroxylation is 2. The molecule has 6 heteroatoms. The van der Waals surface area contributed by atoms with Crippen molar-refractivity contribution in [3.8, 4) is 11.5 Å². The normalized spacial score (nSPS) is 24.6. The topological polar surface area (TPSA) is 67.2 Å². The van der Waals surface area contributed by atoms with Crippen LogP contribution in [0, 0.1) is 19.8 Å². The van der Waals surface area contributed by atoms with Crippen LogP contribution in [0.25, 0.3) is 11.5 Å². The second kappa shape index (κ2) is 7.80. The standard InChI is InChI=1S/C20H25N3O2.ClH/c1-12-7-8-15(10-16(12)20-21-13(2)11-25-20)22-19(24)18-9-14-5-3-4-6-17(14)23-18;/h7-8,10-11,14,17-18,23H,3-6,9H2,1-2H3,(H,22,24);1H. The monoisotopic (exact) mass is 375 g/mol. The number of nitrogens with one attached hydrogen (secondary N) is 2. The molecular weight excluding hydrogens is 350 g/mol. The Bertz CT molecular complexity index is 775. The van der Waals surface area contributed by atoms with Crippen molar-refractivity contribution in [3.63, 3.8) is 0 Å². The number of aromatic nitrogens is 1. The van der Waals surface area contributed by atoms with Crippen LogP contribution >= 0.6 is 12.4 Å². The Labute approximate surface area is 160 Å². The van der Waals surface area contributed by atoms with E-state index in [1.54, 1.807) is 6.26 Å². The summed E-state index contributed by atoms with van der Waals surface area (Å²) in [6.07, 6.45) is 7.62. The Morgan fingerprint density at radius 3 is 2.81 bits per heavy atom. The molecule has 2 aliphatic rings. The van der Waals surface area contributed by atoms with Gasteiger partial charge in [-0.25, -0.2) is 4.98 Å². The number of halogens is 1. The summed E-state index contributed by atoms with van der Waals surface area (Å²) in [6, 6.07) is 6.32. The van der Waals surface area contributed by atoms with E-state index < -0.39 is 0 Å². The van der Waals surface area contributed by atoms with Gasteiger partial charge in [-0.1, -0.05) is 18.9 Å². The fourth-order valence-corrected chi connectivity index (χ4v) is 4.16. The van der Waals surface area contributed by atoms with E-state index in [1.807, 2.05) is 32.0 Å². The third-order valence-electron chi connectivity index (χ3n) is 5.53. The Morgan fingerprint density at radius 2 is 2.08 bits per heavy atom. The molecule has 1 aromatic carbocycles. The number of carbonyl (C=O) groups excluding carboxylic acids is 1. The highest BCUT2D eigenvalue weighted by atomic mass is 35.5. The number of rotatable bonds is 3. The second-order valence-corrected chi connectivity index (χ2v) is 7.42. The van der Waals surface area contributed by atoms with E-state index in [9.17, 15) is 4.79 Å². The number of oxazole rings is 1. The molecule has 1 saturated carbocycles. The molecule has 1 saturated heterocycles. The lowest BCUT2D eigenvalue weighted by atomic mass is 9.85. The summed E-state index contributed by atoms with van der Waals surface area (Å²) in [7, 11) is 0. The smallest absolute Gasteiger partial charge is 0.241 e. The molecule has 0 radical (unpaired) electrons. The minimum absolute atomic E-state index is 0. The first kappa shape index (κ1) is 18.9. The molecule has 1 aliphatic carbocycles. The maximum absolute atomic E-state index is 12.7. The maximum Gasteiger partial charge on any atom is 0.241 e. The number of carbonyl (C=O) groups is 1. The van der Waals surface area contributed by atoms with Crippen LogP contribution in [0.2, 0.25) is 0 Å². The molecule has 1 aliphatic heterocycles. The van der Waals surface area contributed by atoms with Crippen LogP contribution in [0.4, 0.5) is 5.69 Å². The second-order valence-electron chi connectivity index (χ2n) is 7.42. The first-order valence-electron chi connectivity index (χ1n) is 9.20. The van der Waals surface area contributed by atoms with Gasteiger partial charge < -0.3 is 15.1 Å². The molecule has 26 heavy (non-hydrogen) atoms. The van der Waals surface area contributed by atoms with E-state index in [-0.39, 0.29) is 24.4 Å². The maximum atomic E-state index is 12.7. The molecule has 5 nitrogen and oxygen atoms in total. The average Bonchev–Trinajstić information content (AvgIpc) is 3.22. The van der Waals surface area contributed by atoms with Gasteiger partial charge in [0.25, 0.3) is 0 Å². The number of anilines is 1. The van der Waals surface area contributed by atoms with Crippen molar-refractivity contribution in [2.45, 2.75) is 58.0 Å². The average molecular weight is 376 g/mol. The molecule has 3 atom stereocenters. The van der Waals surface area contributed by atoms with Crippen LogP contribution in [0.3, 0.4) is 0 Å². The number of nitrogens with zero attached hydrogens (tertiary/aromatic N) is 1. The first-order valence-corrected chi connectivity index (χ1v) is 9.20. The molecule has 2 heterocycles. The molecule has 2 aromatic rings. The minimum Gasteiger partial charge on any atom is -0.444 e. The number of fused-ring (bicyclic) bond motifs is 1. The molecule has 0 spiro atoms. The van der Waals surface area contributed by atoms with Gasteiger partial charge in [0.15, 0.2) is 0 Å². The highest BCUT2D eigenvalue weighted by molar-refractivity contribution is 5.95. The number of benzene rings is 1. The van der Waals surface area contributed by atoms with E-state index in [0.29, 0.717) is 17.9 Å². The molecule has 1 amide bonds. The van der Waals surface area contributed by atoms with Crippen LogP contribution < -0.4 is 10.6 Å². The van der Waals surface area contributed by atoms with Crippen molar-refractivity contribution in [3.05, 3.63) is 35.7 Å². The fourth-order valence-electron chi connectivity index (χ4n) is 4.16. The van der Waals surface area contributed by atoms with Gasteiger partial charge in [-0.05, 0) is 56.7 Å². The molecule has 140 valence electrons. The highest BCUT2D eigenvalue weighted by Crippen LogP contribution is 2.33. The SMILES string of the molecule is Cc1coc(-c2cc(NC(=O)C3CC4CCCCC4N3)ccc2C)n1.Cl. The molecule has 2 fully saturated rings. The van der Waals surface area contributed by atoms with E-state index in [2.05, 4.69) is 15.6 Å². The molecule has 3 unspecified atom stereocenters. The zero-order chi connectivity index (χ0) is 17.4. The van der Waals surface area contributed by atoms with Gasteiger partial charge in [0.2, 0.25) is 11.8 Å². The quantitative estimate of drug-likeness (QED) is 0.842. The molecular formula is C20H26ClN3O2. The molecule has 0 bridgehead atoms. The summed E-state index contributed by atoms with van der Waals surface area (Å²) < 4.78 is 5.52. The van der Waals surface area contributed by atoms with Gasteiger partial charge in [-0.3, -0.25) is 4.79 Å². The van der Waals surface area contributed by atoms with Gasteiger partial charge in [-0.2, -0.15) is 0 Å². The predicted molar refractivity (Wildman–Crippen MR) is 105 cm³/mol. The van der Waals surface area contributed by atoms with Crippen molar-refractivity contribution in [2.24, 2.45) is 5.92 Å². The van der Waals surface area contributed by atoms with Crippen molar-refractivity contribution in [1.29, 1.82) is 0 Å². The van der Waals surface area contributed by atoms with Gasteiger partial charge in [-0.15, -0.1) is 12.4 Å². The summed E-state index contributed by atoms with van der Waals surface area (Å²) in [6.45, 7) is 3.92. The Morgan fingerprint density at radius 1 is 1.27 bits per heavy atom. The van der Waals surface area contributed by atoms with Gasteiger partial charge in [0.05, 0.1) is 11.7 Å². The lowest BCUT2D eigenvalue weighted by Crippen LogP contribution is -2.39. The molecule has 1 aromatic heterocycles. The number of hydrogen-bond acceptors (Lipinski definition) is 4. The van der Waals surface area contributed by atoms with Gasteiger partial charge >= 0.3 is 0 Å². The first-order chi connectivity index (χ1) is 12.1. The minimum atomic E-state index is -0.0816. The van der Waals surface area contributed by atoms with Crippen LogP contribution in [0.1, 0.15) is 43.4 Å². The van der Waals surface area contributed by atoms with Gasteiger partial charge in [0, 0.05) is 17.3 Å². The Balaban J connectivity index is 0.00000196. The Kier molecular flexibility index (Phi) is 5.68. The summed E-state index contributed by atoms with van der Waals surface area (Å²) in [5, 5.41) is 6.60. The predicted octanol–water partition coefficient (Wildman–Crippen LogP) is 4.24. The highest BCUT2D eigenvalue weighted by Gasteiger charge is 2.38.